The smallest absolute Gasteiger partial charge is 0.211 e. The summed E-state index contributed by atoms with van der Waals surface area (Å²) >= 11 is 0. The monoisotopic (exact) mass is 202 g/mol. The average Bonchev–Trinajstić information content (AvgIpc) is 2.29. The Hall–Kier alpha value is -1.40. The van der Waals surface area contributed by atoms with E-state index in [0.717, 1.165) is 19.3 Å². The summed E-state index contributed by atoms with van der Waals surface area (Å²) in [5, 5.41) is 0. The third-order valence-corrected chi connectivity index (χ3v) is 2.30. The van der Waals surface area contributed by atoms with E-state index in [1.54, 1.807) is 6.08 Å². The van der Waals surface area contributed by atoms with Crippen LogP contribution in [0.15, 0.2) is 29.3 Å². The first-order chi connectivity index (χ1) is 7.43. The van der Waals surface area contributed by atoms with Gasteiger partial charge in [0.1, 0.15) is 0 Å². The van der Waals surface area contributed by atoms with Gasteiger partial charge in [-0.15, -0.1) is 0 Å². The summed E-state index contributed by atoms with van der Waals surface area (Å²) < 4.78 is 0. The summed E-state index contributed by atoms with van der Waals surface area (Å²) in [5.41, 5.74) is 1.28. The summed E-state index contributed by atoms with van der Waals surface area (Å²) in [6.45, 7) is 0.626. The van der Waals surface area contributed by atoms with Gasteiger partial charge < -0.3 is 0 Å². The average molecular weight is 202 g/mol. The van der Waals surface area contributed by atoms with Crippen LogP contribution in [-0.2, 0) is 11.2 Å². The minimum Gasteiger partial charge on any atom is -0.211 e. The van der Waals surface area contributed by atoms with Gasteiger partial charge in [0.05, 0.1) is 6.54 Å². The first-order valence-corrected chi connectivity index (χ1v) is 5.42. The minimum atomic E-state index is 0.626. The largest absolute Gasteiger partial charge is 0.234 e. The molecule has 0 saturated heterocycles. The van der Waals surface area contributed by atoms with Crippen molar-refractivity contribution >= 4 is 6.08 Å². The van der Waals surface area contributed by atoms with Crippen LogP contribution in [0, 0.1) is 6.07 Å². The molecule has 2 heteroatoms. The Morgan fingerprint density at radius 1 is 1.20 bits per heavy atom. The highest BCUT2D eigenvalue weighted by Gasteiger charge is 1.92. The van der Waals surface area contributed by atoms with Crippen molar-refractivity contribution in [3.05, 3.63) is 35.9 Å². The van der Waals surface area contributed by atoms with Crippen LogP contribution in [0.5, 0.6) is 0 Å². The predicted octanol–water partition coefficient (Wildman–Crippen LogP) is 2.93. The number of aliphatic imine (C=N–C) groups is 1. The molecule has 0 unspecified atom stereocenters. The zero-order valence-corrected chi connectivity index (χ0v) is 8.91. The van der Waals surface area contributed by atoms with Gasteiger partial charge in [-0.25, -0.2) is 9.79 Å². The van der Waals surface area contributed by atoms with Crippen molar-refractivity contribution in [2.45, 2.75) is 32.1 Å². The van der Waals surface area contributed by atoms with E-state index in [9.17, 15) is 4.79 Å². The number of isocyanates is 1. The van der Waals surface area contributed by atoms with Crippen LogP contribution in [-0.4, -0.2) is 12.6 Å². The van der Waals surface area contributed by atoms with E-state index in [0.29, 0.717) is 6.54 Å². The third kappa shape index (κ3) is 5.82. The third-order valence-electron chi connectivity index (χ3n) is 2.30. The van der Waals surface area contributed by atoms with Gasteiger partial charge in [-0.1, -0.05) is 37.1 Å². The van der Waals surface area contributed by atoms with Crippen molar-refractivity contribution in [1.82, 2.24) is 0 Å². The molecule has 1 rings (SSSR count). The molecule has 0 bridgehead atoms. The summed E-state index contributed by atoms with van der Waals surface area (Å²) in [5.74, 6) is 0. The highest BCUT2D eigenvalue weighted by molar-refractivity contribution is 5.32. The fraction of sp³-hybridized carbons (Fsp3) is 0.462. The van der Waals surface area contributed by atoms with E-state index >= 15 is 0 Å². The number of carbonyl (C=O) groups excluding carboxylic acids is 1. The second-order valence-electron chi connectivity index (χ2n) is 3.53. The van der Waals surface area contributed by atoms with Gasteiger partial charge in [0.15, 0.2) is 0 Å². The van der Waals surface area contributed by atoms with E-state index in [1.807, 2.05) is 18.2 Å². The highest BCUT2D eigenvalue weighted by Crippen LogP contribution is 2.06. The molecule has 0 saturated carbocycles. The van der Waals surface area contributed by atoms with Crippen LogP contribution in [0.3, 0.4) is 0 Å². The maximum Gasteiger partial charge on any atom is 0.234 e. The number of benzene rings is 1. The lowest BCUT2D eigenvalue weighted by molar-refractivity contribution is 0.561. The molecule has 15 heavy (non-hydrogen) atoms. The summed E-state index contributed by atoms with van der Waals surface area (Å²) in [4.78, 5) is 13.3. The molecular weight excluding hydrogens is 186 g/mol. The van der Waals surface area contributed by atoms with Gasteiger partial charge in [-0.05, 0) is 30.9 Å². The molecule has 0 fully saturated rings. The molecule has 0 atom stereocenters. The van der Waals surface area contributed by atoms with E-state index in [4.69, 9.17) is 0 Å². The van der Waals surface area contributed by atoms with Gasteiger partial charge in [0, 0.05) is 0 Å². The molecule has 2 nitrogen and oxygen atoms in total. The fourth-order valence-corrected chi connectivity index (χ4v) is 1.49. The number of hydrogen-bond donors (Lipinski definition) is 0. The molecule has 79 valence electrons. The zero-order valence-electron chi connectivity index (χ0n) is 8.91. The van der Waals surface area contributed by atoms with Gasteiger partial charge in [-0.3, -0.25) is 0 Å². The van der Waals surface area contributed by atoms with Crippen molar-refractivity contribution in [3.8, 4) is 0 Å². The molecule has 0 heterocycles. The quantitative estimate of drug-likeness (QED) is 0.380. The second-order valence-corrected chi connectivity index (χ2v) is 3.53. The first-order valence-electron chi connectivity index (χ1n) is 5.42. The van der Waals surface area contributed by atoms with Crippen LogP contribution < -0.4 is 0 Å². The lowest BCUT2D eigenvalue weighted by Crippen LogP contribution is -1.87. The topological polar surface area (TPSA) is 29.4 Å². The molecule has 0 aliphatic rings. The van der Waals surface area contributed by atoms with E-state index < -0.39 is 0 Å². The SMILES string of the molecule is O=C=NCCCCCCc1[c]cccc1. The molecule has 1 aromatic rings. The Balaban J connectivity index is 2.00. The van der Waals surface area contributed by atoms with Crippen molar-refractivity contribution < 1.29 is 4.79 Å². The Labute approximate surface area is 91.0 Å². The Morgan fingerprint density at radius 3 is 2.80 bits per heavy atom. The van der Waals surface area contributed by atoms with Gasteiger partial charge in [-0.2, -0.15) is 0 Å². The van der Waals surface area contributed by atoms with Crippen LogP contribution in [0.1, 0.15) is 31.2 Å². The van der Waals surface area contributed by atoms with Crippen LogP contribution >= 0.6 is 0 Å². The zero-order chi connectivity index (χ0) is 10.8. The Morgan fingerprint density at radius 2 is 2.07 bits per heavy atom. The minimum absolute atomic E-state index is 0.626. The number of hydrogen-bond acceptors (Lipinski definition) is 2. The maximum atomic E-state index is 9.78. The molecule has 0 spiro atoms. The van der Waals surface area contributed by atoms with Gasteiger partial charge in [0.2, 0.25) is 6.08 Å². The summed E-state index contributed by atoms with van der Waals surface area (Å²) in [7, 11) is 0. The summed E-state index contributed by atoms with van der Waals surface area (Å²) in [6.07, 6.45) is 7.16. The highest BCUT2D eigenvalue weighted by atomic mass is 16.1. The second kappa shape index (κ2) is 7.95. The van der Waals surface area contributed by atoms with Crippen molar-refractivity contribution in [2.24, 2.45) is 4.99 Å². The maximum absolute atomic E-state index is 9.78. The van der Waals surface area contributed by atoms with E-state index in [2.05, 4.69) is 17.1 Å². The molecule has 0 amide bonds. The van der Waals surface area contributed by atoms with Gasteiger partial charge in [0.25, 0.3) is 0 Å². The number of aryl methyl sites for hydroxylation is 1. The lowest BCUT2D eigenvalue weighted by atomic mass is 10.1. The summed E-state index contributed by atoms with van der Waals surface area (Å²) in [6, 6.07) is 11.3. The number of rotatable bonds is 7. The van der Waals surface area contributed by atoms with Crippen molar-refractivity contribution in [2.75, 3.05) is 6.54 Å². The lowest BCUT2D eigenvalue weighted by Gasteiger charge is -2.00. The molecule has 0 aliphatic carbocycles. The normalized spacial score (nSPS) is 9.60. The van der Waals surface area contributed by atoms with E-state index in [-0.39, 0.29) is 0 Å². The number of unbranched alkanes of at least 4 members (excludes halogenated alkanes) is 3. The molecule has 1 aromatic carbocycles. The van der Waals surface area contributed by atoms with Crippen LogP contribution in [0.2, 0.25) is 0 Å². The van der Waals surface area contributed by atoms with Crippen LogP contribution in [0.4, 0.5) is 0 Å². The Kier molecular flexibility index (Phi) is 6.19. The standard InChI is InChI=1S/C13H16NO/c15-12-14-11-7-2-1-4-8-13-9-5-3-6-10-13/h3,5-6,9H,1-2,4,7-8,11H2. The molecule has 1 radical (unpaired) electrons. The van der Waals surface area contributed by atoms with Crippen LogP contribution in [0.25, 0.3) is 0 Å². The Bertz CT molecular complexity index is 302. The molecule has 0 aliphatic heterocycles. The predicted molar refractivity (Wildman–Crippen MR) is 60.4 cm³/mol. The first kappa shape index (κ1) is 11.7. The number of nitrogens with zero attached hydrogens (tertiary/aromatic N) is 1. The van der Waals surface area contributed by atoms with Crippen molar-refractivity contribution in [3.63, 3.8) is 0 Å². The van der Waals surface area contributed by atoms with Gasteiger partial charge >= 0.3 is 0 Å². The molecule has 0 aromatic heterocycles. The molecular formula is C13H16NO. The van der Waals surface area contributed by atoms with E-state index in [1.165, 1.54) is 18.4 Å². The fourth-order valence-electron chi connectivity index (χ4n) is 1.49. The molecule has 0 N–H and O–H groups in total. The van der Waals surface area contributed by atoms with Crippen molar-refractivity contribution in [1.29, 1.82) is 0 Å².